The number of nitrogens with two attached hydrogens (primary N) is 1. The molecule has 1 rings (SSSR count). The Balaban J connectivity index is 3.41. The summed E-state index contributed by atoms with van der Waals surface area (Å²) in [5.41, 5.74) is 5.63. The highest BCUT2D eigenvalue weighted by Gasteiger charge is 2.20. The number of hydrogen-bond donors (Lipinski definition) is 1. The molecule has 0 spiro atoms. The minimum Gasteiger partial charge on any atom is -0.465 e. The van der Waals surface area contributed by atoms with Crippen LogP contribution in [0.15, 0.2) is 12.1 Å². The number of methoxy groups -OCH3 is 1. The molecule has 0 aliphatic heterocycles. The summed E-state index contributed by atoms with van der Waals surface area (Å²) in [6.45, 7) is 1.64. The molecule has 0 saturated heterocycles. The van der Waals surface area contributed by atoms with E-state index in [4.69, 9.17) is 5.73 Å². The highest BCUT2D eigenvalue weighted by atomic mass is 16.6. The summed E-state index contributed by atoms with van der Waals surface area (Å²) in [6.07, 6.45) is 0. The first-order valence-electron chi connectivity index (χ1n) is 4.10. The zero-order valence-corrected chi connectivity index (χ0v) is 8.31. The quantitative estimate of drug-likeness (QED) is 0.343. The van der Waals surface area contributed by atoms with E-state index in [-0.39, 0.29) is 16.9 Å². The number of carbonyl (C=O) groups excluding carboxylic acids is 1. The van der Waals surface area contributed by atoms with E-state index in [9.17, 15) is 14.9 Å². The van der Waals surface area contributed by atoms with Gasteiger partial charge in [-0.25, -0.2) is 4.79 Å². The van der Waals surface area contributed by atoms with Gasteiger partial charge in [-0.3, -0.25) is 10.1 Å². The topological polar surface area (TPSA) is 95.5 Å². The van der Waals surface area contributed by atoms with Crippen LogP contribution in [0.5, 0.6) is 0 Å². The first kappa shape index (κ1) is 11.0. The second-order valence-corrected chi connectivity index (χ2v) is 2.99. The van der Waals surface area contributed by atoms with E-state index < -0.39 is 10.9 Å². The van der Waals surface area contributed by atoms with Crippen LogP contribution in [0, 0.1) is 17.0 Å². The number of nitro benzene ring substituents is 1. The largest absolute Gasteiger partial charge is 0.465 e. The van der Waals surface area contributed by atoms with Gasteiger partial charge in [0, 0.05) is 6.07 Å². The summed E-state index contributed by atoms with van der Waals surface area (Å²) in [6, 6.07) is 2.76. The number of nitrogens with zero attached hydrogens (tertiary/aromatic N) is 1. The van der Waals surface area contributed by atoms with E-state index >= 15 is 0 Å². The molecule has 0 bridgehead atoms. The Morgan fingerprint density at radius 1 is 1.53 bits per heavy atom. The lowest BCUT2D eigenvalue weighted by Gasteiger charge is -2.05. The summed E-state index contributed by atoms with van der Waals surface area (Å²) in [4.78, 5) is 21.2. The van der Waals surface area contributed by atoms with Gasteiger partial charge in [-0.05, 0) is 18.6 Å². The van der Waals surface area contributed by atoms with E-state index in [0.29, 0.717) is 5.56 Å². The Bertz CT molecular complexity index is 428. The fourth-order valence-corrected chi connectivity index (χ4v) is 1.21. The van der Waals surface area contributed by atoms with Gasteiger partial charge < -0.3 is 10.5 Å². The molecule has 2 N–H and O–H groups in total. The first-order chi connectivity index (χ1) is 6.97. The van der Waals surface area contributed by atoms with Gasteiger partial charge >= 0.3 is 5.97 Å². The van der Waals surface area contributed by atoms with Crippen LogP contribution in [0.2, 0.25) is 0 Å². The monoisotopic (exact) mass is 210 g/mol. The van der Waals surface area contributed by atoms with Crippen LogP contribution in [0.4, 0.5) is 11.4 Å². The molecular formula is C9H10N2O4. The van der Waals surface area contributed by atoms with Crippen LogP contribution in [0.1, 0.15) is 15.9 Å². The molecule has 0 aromatic heterocycles. The van der Waals surface area contributed by atoms with Crippen molar-refractivity contribution in [1.82, 2.24) is 0 Å². The Kier molecular flexibility index (Phi) is 2.89. The molecule has 0 unspecified atom stereocenters. The first-order valence-corrected chi connectivity index (χ1v) is 4.10. The van der Waals surface area contributed by atoms with Crippen molar-refractivity contribution in [3.63, 3.8) is 0 Å². The van der Waals surface area contributed by atoms with Crippen molar-refractivity contribution in [3.8, 4) is 0 Å². The lowest BCUT2D eigenvalue weighted by Crippen LogP contribution is -2.08. The summed E-state index contributed by atoms with van der Waals surface area (Å²) in [5.74, 6) is -0.681. The van der Waals surface area contributed by atoms with Crippen LogP contribution >= 0.6 is 0 Å². The zero-order valence-electron chi connectivity index (χ0n) is 8.31. The molecule has 0 atom stereocenters. The highest BCUT2D eigenvalue weighted by molar-refractivity contribution is 5.97. The summed E-state index contributed by atoms with van der Waals surface area (Å²) >= 11 is 0. The molecule has 6 heteroatoms. The lowest BCUT2D eigenvalue weighted by atomic mass is 10.1. The van der Waals surface area contributed by atoms with Crippen molar-refractivity contribution in [2.75, 3.05) is 12.8 Å². The smallest absolute Gasteiger partial charge is 0.340 e. The van der Waals surface area contributed by atoms with Crippen LogP contribution < -0.4 is 5.73 Å². The summed E-state index contributed by atoms with van der Waals surface area (Å²) in [7, 11) is 1.19. The van der Waals surface area contributed by atoms with Crippen molar-refractivity contribution >= 4 is 17.3 Å². The number of rotatable bonds is 2. The van der Waals surface area contributed by atoms with Gasteiger partial charge in [0.1, 0.15) is 5.69 Å². The molecule has 6 nitrogen and oxygen atoms in total. The normalized spacial score (nSPS) is 9.73. The Morgan fingerprint density at radius 3 is 2.60 bits per heavy atom. The standard InChI is InChI=1S/C9H10N2O4/c1-5-3-6(9(12)15-2)8(10)7(4-5)11(13)14/h3-4H,10H2,1-2H3. The average Bonchev–Trinajstić information content (AvgIpc) is 2.19. The lowest BCUT2D eigenvalue weighted by molar-refractivity contribution is -0.384. The maximum Gasteiger partial charge on any atom is 0.340 e. The molecule has 15 heavy (non-hydrogen) atoms. The van der Waals surface area contributed by atoms with Gasteiger partial charge in [0.05, 0.1) is 17.6 Å². The molecule has 0 saturated carbocycles. The third-order valence-corrected chi connectivity index (χ3v) is 1.90. The van der Waals surface area contributed by atoms with E-state index in [1.165, 1.54) is 19.2 Å². The van der Waals surface area contributed by atoms with E-state index in [0.717, 1.165) is 0 Å². The molecule has 0 aliphatic carbocycles. The molecule has 0 aliphatic rings. The van der Waals surface area contributed by atoms with Gasteiger partial charge in [-0.1, -0.05) is 0 Å². The van der Waals surface area contributed by atoms with Crippen LogP contribution in [-0.4, -0.2) is 18.0 Å². The number of benzene rings is 1. The van der Waals surface area contributed by atoms with E-state index in [2.05, 4.69) is 4.74 Å². The number of nitro groups is 1. The third kappa shape index (κ3) is 2.04. The van der Waals surface area contributed by atoms with Crippen LogP contribution in [0.25, 0.3) is 0 Å². The van der Waals surface area contributed by atoms with Gasteiger partial charge in [-0.15, -0.1) is 0 Å². The molecule has 0 amide bonds. The van der Waals surface area contributed by atoms with Crippen molar-refractivity contribution in [2.45, 2.75) is 6.92 Å². The fraction of sp³-hybridized carbons (Fsp3) is 0.222. The number of ether oxygens (including phenoxy) is 1. The minimum atomic E-state index is -0.681. The van der Waals surface area contributed by atoms with Gasteiger partial charge in [-0.2, -0.15) is 0 Å². The number of hydrogen-bond acceptors (Lipinski definition) is 5. The summed E-state index contributed by atoms with van der Waals surface area (Å²) < 4.78 is 4.47. The Labute approximate surface area is 85.8 Å². The maximum absolute atomic E-state index is 11.2. The molecular weight excluding hydrogens is 200 g/mol. The average molecular weight is 210 g/mol. The number of carbonyl (C=O) groups is 1. The fourth-order valence-electron chi connectivity index (χ4n) is 1.21. The van der Waals surface area contributed by atoms with Crippen molar-refractivity contribution in [3.05, 3.63) is 33.4 Å². The van der Waals surface area contributed by atoms with Gasteiger partial charge in [0.2, 0.25) is 0 Å². The maximum atomic E-state index is 11.2. The number of anilines is 1. The molecule has 1 aromatic carbocycles. The number of esters is 1. The molecule has 0 fully saturated rings. The van der Waals surface area contributed by atoms with Crippen LogP contribution in [0.3, 0.4) is 0 Å². The van der Waals surface area contributed by atoms with Crippen molar-refractivity contribution < 1.29 is 14.5 Å². The Morgan fingerprint density at radius 2 is 2.13 bits per heavy atom. The predicted molar refractivity (Wildman–Crippen MR) is 53.6 cm³/mol. The zero-order chi connectivity index (χ0) is 11.6. The molecule has 80 valence electrons. The van der Waals surface area contributed by atoms with Crippen molar-refractivity contribution in [1.29, 1.82) is 0 Å². The predicted octanol–water partition coefficient (Wildman–Crippen LogP) is 1.27. The third-order valence-electron chi connectivity index (χ3n) is 1.90. The number of nitrogen functional groups attached to an aromatic ring is 1. The minimum absolute atomic E-state index is 0.0178. The second-order valence-electron chi connectivity index (χ2n) is 2.99. The van der Waals surface area contributed by atoms with Gasteiger partial charge in [0.25, 0.3) is 5.69 Å². The van der Waals surface area contributed by atoms with E-state index in [1.807, 2.05) is 0 Å². The SMILES string of the molecule is COC(=O)c1cc(C)cc([N+](=O)[O-])c1N. The molecule has 1 aromatic rings. The highest BCUT2D eigenvalue weighted by Crippen LogP contribution is 2.27. The van der Waals surface area contributed by atoms with Gasteiger partial charge in [0.15, 0.2) is 0 Å². The molecule has 0 radical (unpaired) electrons. The number of aryl methyl sites for hydroxylation is 1. The second kappa shape index (κ2) is 3.95. The summed E-state index contributed by atoms with van der Waals surface area (Å²) in [5, 5.41) is 10.6. The Hall–Kier alpha value is -2.11. The van der Waals surface area contributed by atoms with Crippen LogP contribution in [-0.2, 0) is 4.74 Å². The molecule has 0 heterocycles. The van der Waals surface area contributed by atoms with Crippen molar-refractivity contribution in [2.24, 2.45) is 0 Å². The van der Waals surface area contributed by atoms with E-state index in [1.54, 1.807) is 6.92 Å².